The number of hydrogen-bond donors (Lipinski definition) is 0. The van der Waals surface area contributed by atoms with Gasteiger partial charge in [-0.25, -0.2) is 9.59 Å². The summed E-state index contributed by atoms with van der Waals surface area (Å²) < 4.78 is 16.8. The third-order valence-electron chi connectivity index (χ3n) is 4.78. The highest BCUT2D eigenvalue weighted by Gasteiger charge is 2.51. The Morgan fingerprint density at radius 3 is 2.72 bits per heavy atom. The lowest BCUT2D eigenvalue weighted by Crippen LogP contribution is -2.42. The van der Waals surface area contributed by atoms with Crippen LogP contribution >= 0.6 is 0 Å². The fourth-order valence-electron chi connectivity index (χ4n) is 3.30. The zero-order valence-electron chi connectivity index (χ0n) is 14.5. The van der Waals surface area contributed by atoms with E-state index in [1.54, 1.807) is 19.9 Å². The Bertz CT molecular complexity index is 771. The number of carbonyl (C=O) groups excluding carboxylic acids is 3. The van der Waals surface area contributed by atoms with Gasteiger partial charge in [0, 0.05) is 23.6 Å². The topological polar surface area (TPSA) is 78.9 Å². The van der Waals surface area contributed by atoms with Crippen molar-refractivity contribution in [3.63, 3.8) is 0 Å². The van der Waals surface area contributed by atoms with Crippen molar-refractivity contribution < 1.29 is 28.6 Å². The van der Waals surface area contributed by atoms with Crippen LogP contribution in [0.15, 0.2) is 47.8 Å². The molecule has 1 fully saturated rings. The molecule has 3 heterocycles. The highest BCUT2D eigenvalue weighted by molar-refractivity contribution is 6.00. The molecule has 0 spiro atoms. The molecule has 6 nitrogen and oxygen atoms in total. The molecule has 0 radical (unpaired) electrons. The normalized spacial score (nSPS) is 33.9. The van der Waals surface area contributed by atoms with E-state index in [1.807, 2.05) is 0 Å². The first-order chi connectivity index (χ1) is 11.6. The first-order valence-electron chi connectivity index (χ1n) is 8.02. The van der Waals surface area contributed by atoms with Gasteiger partial charge in [0.1, 0.15) is 18.0 Å². The van der Waals surface area contributed by atoms with E-state index >= 15 is 0 Å². The van der Waals surface area contributed by atoms with Crippen molar-refractivity contribution in [1.29, 1.82) is 0 Å². The number of esters is 2. The molecule has 3 aliphatic heterocycles. The predicted octanol–water partition coefficient (Wildman–Crippen LogP) is 2.16. The molecule has 2 bridgehead atoms. The van der Waals surface area contributed by atoms with Crippen LogP contribution in [0.2, 0.25) is 0 Å². The SMILES string of the molecule is C=C(C)C(=O)O[C@@H]1C[C@@]2(C)OC(=CC2=O)C(C)=C[C@H]2OC(=O)C(=C)[C@@H]21. The number of rotatable bonds is 2. The average Bonchev–Trinajstić information content (AvgIpc) is 2.96. The lowest BCUT2D eigenvalue weighted by Gasteiger charge is -2.31. The van der Waals surface area contributed by atoms with Crippen LogP contribution in [0.4, 0.5) is 0 Å². The van der Waals surface area contributed by atoms with Gasteiger partial charge in [-0.05, 0) is 32.4 Å². The molecular formula is C19H20O6. The smallest absolute Gasteiger partial charge is 0.334 e. The standard InChI is InChI=1S/C19H20O6/c1-9(2)17(21)24-14-8-19(5)15(20)7-12(25-19)10(3)6-13-16(14)11(4)18(22)23-13/h6-7,13-14,16H,1,4,8H2,2-3,5H3/t13-,14-,16+,19-/m1/s1. The lowest BCUT2D eigenvalue weighted by molar-refractivity contribution is -0.153. The average molecular weight is 344 g/mol. The van der Waals surface area contributed by atoms with Gasteiger partial charge < -0.3 is 14.2 Å². The predicted molar refractivity (Wildman–Crippen MR) is 88.2 cm³/mol. The molecule has 4 atom stereocenters. The molecule has 0 amide bonds. The maximum absolute atomic E-state index is 12.4. The van der Waals surface area contributed by atoms with E-state index in [0.717, 1.165) is 0 Å². The molecule has 6 heteroatoms. The second-order valence-corrected chi connectivity index (χ2v) is 6.90. The Morgan fingerprint density at radius 1 is 1.40 bits per heavy atom. The van der Waals surface area contributed by atoms with Gasteiger partial charge in [-0.15, -0.1) is 0 Å². The molecule has 25 heavy (non-hydrogen) atoms. The summed E-state index contributed by atoms with van der Waals surface area (Å²) in [5, 5.41) is 0. The molecule has 1 saturated heterocycles. The quantitative estimate of drug-likeness (QED) is 0.564. The van der Waals surface area contributed by atoms with Crippen LogP contribution in [0, 0.1) is 5.92 Å². The van der Waals surface area contributed by atoms with Gasteiger partial charge in [-0.2, -0.15) is 0 Å². The van der Waals surface area contributed by atoms with E-state index in [1.165, 1.54) is 13.0 Å². The van der Waals surface area contributed by atoms with Gasteiger partial charge in [-0.1, -0.05) is 13.2 Å². The van der Waals surface area contributed by atoms with E-state index in [2.05, 4.69) is 13.2 Å². The van der Waals surface area contributed by atoms with Crippen LogP contribution in [0.5, 0.6) is 0 Å². The van der Waals surface area contributed by atoms with Crippen molar-refractivity contribution >= 4 is 17.7 Å². The van der Waals surface area contributed by atoms with Crippen LogP contribution in [0.25, 0.3) is 0 Å². The molecule has 3 rings (SSSR count). The molecule has 3 aliphatic rings. The summed E-state index contributed by atoms with van der Waals surface area (Å²) in [7, 11) is 0. The van der Waals surface area contributed by atoms with E-state index in [4.69, 9.17) is 14.2 Å². The summed E-state index contributed by atoms with van der Waals surface area (Å²) >= 11 is 0. The fraction of sp³-hybridized carbons (Fsp3) is 0.421. The van der Waals surface area contributed by atoms with Gasteiger partial charge in [0.05, 0.1) is 5.92 Å². The van der Waals surface area contributed by atoms with Crippen LogP contribution < -0.4 is 0 Å². The molecule has 0 unspecified atom stereocenters. The van der Waals surface area contributed by atoms with E-state index in [9.17, 15) is 14.4 Å². The Hall–Kier alpha value is -2.63. The Kier molecular flexibility index (Phi) is 3.94. The largest absolute Gasteiger partial charge is 0.479 e. The minimum absolute atomic E-state index is 0.0861. The molecule has 132 valence electrons. The second-order valence-electron chi connectivity index (χ2n) is 6.90. The minimum Gasteiger partial charge on any atom is -0.479 e. The van der Waals surface area contributed by atoms with Crippen LogP contribution in [0.3, 0.4) is 0 Å². The highest BCUT2D eigenvalue weighted by Crippen LogP contribution is 2.42. The molecule has 0 N–H and O–H groups in total. The monoisotopic (exact) mass is 344 g/mol. The Morgan fingerprint density at radius 2 is 2.08 bits per heavy atom. The Balaban J connectivity index is 2.07. The molecule has 0 saturated carbocycles. The van der Waals surface area contributed by atoms with Crippen molar-refractivity contribution in [3.05, 3.63) is 47.8 Å². The Labute approximate surface area is 145 Å². The highest BCUT2D eigenvalue weighted by atomic mass is 16.6. The molecule has 0 aliphatic carbocycles. The summed E-state index contributed by atoms with van der Waals surface area (Å²) in [6.45, 7) is 12.3. The summed E-state index contributed by atoms with van der Waals surface area (Å²) in [5.74, 6) is -1.49. The molecular weight excluding hydrogens is 324 g/mol. The van der Waals surface area contributed by atoms with Gasteiger partial charge in [0.2, 0.25) is 5.78 Å². The van der Waals surface area contributed by atoms with Crippen molar-refractivity contribution in [2.45, 2.75) is 45.0 Å². The van der Waals surface area contributed by atoms with Gasteiger partial charge >= 0.3 is 11.9 Å². The number of hydrogen-bond acceptors (Lipinski definition) is 6. The molecule has 0 aromatic heterocycles. The zero-order chi connectivity index (χ0) is 18.5. The first kappa shape index (κ1) is 17.2. The van der Waals surface area contributed by atoms with Gasteiger partial charge in [0.25, 0.3) is 0 Å². The van der Waals surface area contributed by atoms with Crippen molar-refractivity contribution in [3.8, 4) is 0 Å². The number of allylic oxidation sites excluding steroid dienone is 1. The summed E-state index contributed by atoms with van der Waals surface area (Å²) in [5.41, 5.74) is -0.0508. The summed E-state index contributed by atoms with van der Waals surface area (Å²) in [6, 6.07) is 0. The van der Waals surface area contributed by atoms with Crippen molar-refractivity contribution in [2.24, 2.45) is 5.92 Å². The van der Waals surface area contributed by atoms with Gasteiger partial charge in [0.15, 0.2) is 5.60 Å². The lowest BCUT2D eigenvalue weighted by atomic mass is 9.82. The van der Waals surface area contributed by atoms with E-state index in [0.29, 0.717) is 11.3 Å². The van der Waals surface area contributed by atoms with Crippen molar-refractivity contribution in [2.75, 3.05) is 0 Å². The fourth-order valence-corrected chi connectivity index (χ4v) is 3.30. The van der Waals surface area contributed by atoms with Crippen molar-refractivity contribution in [1.82, 2.24) is 0 Å². The number of carbonyl (C=O) groups is 3. The maximum atomic E-state index is 12.4. The number of ether oxygens (including phenoxy) is 3. The van der Waals surface area contributed by atoms with Gasteiger partial charge in [-0.3, -0.25) is 4.79 Å². The molecule has 0 aromatic carbocycles. The first-order valence-corrected chi connectivity index (χ1v) is 8.02. The molecule has 0 aromatic rings. The van der Waals surface area contributed by atoms with E-state index < -0.39 is 35.7 Å². The van der Waals surface area contributed by atoms with Crippen LogP contribution in [0.1, 0.15) is 27.2 Å². The van der Waals surface area contributed by atoms with Crippen LogP contribution in [-0.4, -0.2) is 35.5 Å². The second kappa shape index (κ2) is 5.72. The summed E-state index contributed by atoms with van der Waals surface area (Å²) in [4.78, 5) is 36.6. The third-order valence-corrected chi connectivity index (χ3v) is 4.78. The summed E-state index contributed by atoms with van der Waals surface area (Å²) in [6.07, 6.45) is 1.78. The zero-order valence-corrected chi connectivity index (χ0v) is 14.5. The third kappa shape index (κ3) is 2.81. The van der Waals surface area contributed by atoms with E-state index in [-0.39, 0.29) is 23.4 Å². The number of fused-ring (bicyclic) bond motifs is 3. The maximum Gasteiger partial charge on any atom is 0.334 e. The number of ketones is 1. The minimum atomic E-state index is -1.18. The van der Waals surface area contributed by atoms with Crippen LogP contribution in [-0.2, 0) is 28.6 Å².